The number of ether oxygens (including phenoxy) is 2. The molecule has 39 heavy (non-hydrogen) atoms. The molecule has 0 aliphatic heterocycles. The molecular weight excluding hydrogens is 506 g/mol. The topological polar surface area (TPSA) is 81.8 Å². The highest BCUT2D eigenvalue weighted by atomic mass is 32.2. The van der Waals surface area contributed by atoms with Crippen molar-refractivity contribution in [2.24, 2.45) is 17.8 Å². The number of rotatable bonds is 10. The van der Waals surface area contributed by atoms with Crippen LogP contribution in [0.25, 0.3) is 0 Å². The molecule has 6 heteroatoms. The number of nitrogen functional groups attached to an aromatic ring is 1. The molecule has 0 bridgehead atoms. The van der Waals surface area contributed by atoms with E-state index in [1.165, 1.54) is 17.3 Å². The molecule has 1 aliphatic carbocycles. The molecule has 1 fully saturated rings. The van der Waals surface area contributed by atoms with Crippen molar-refractivity contribution in [1.29, 1.82) is 0 Å². The lowest BCUT2D eigenvalue weighted by Gasteiger charge is -2.37. The maximum atomic E-state index is 13.5. The third kappa shape index (κ3) is 7.58. The van der Waals surface area contributed by atoms with Gasteiger partial charge in [-0.3, -0.25) is 0 Å². The molecule has 0 spiro atoms. The largest absolute Gasteiger partial charge is 0.497 e. The molecule has 5 atom stereocenters. The van der Waals surface area contributed by atoms with E-state index in [1.54, 1.807) is 7.11 Å². The van der Waals surface area contributed by atoms with Gasteiger partial charge in [0, 0.05) is 10.6 Å². The first-order chi connectivity index (χ1) is 18.7. The Morgan fingerprint density at radius 2 is 1.74 bits per heavy atom. The van der Waals surface area contributed by atoms with Crippen molar-refractivity contribution in [3.05, 3.63) is 89.5 Å². The lowest BCUT2D eigenvalue weighted by atomic mass is 9.75. The number of thioether (sulfide) groups is 1. The second kappa shape index (κ2) is 13.4. The Bertz CT molecular complexity index is 1210. The summed E-state index contributed by atoms with van der Waals surface area (Å²) in [4.78, 5) is 14.3. The Hall–Kier alpha value is -2.96. The summed E-state index contributed by atoms with van der Waals surface area (Å²) in [6, 6.07) is 23.7. The quantitative estimate of drug-likeness (QED) is 0.161. The van der Waals surface area contributed by atoms with E-state index in [1.807, 2.05) is 54.6 Å². The number of aliphatic hydroxyl groups is 1. The molecule has 0 radical (unpaired) electrons. The van der Waals surface area contributed by atoms with Crippen LogP contribution in [0.5, 0.6) is 5.75 Å². The summed E-state index contributed by atoms with van der Waals surface area (Å²) in [6.45, 7) is 6.56. The molecule has 3 aromatic carbocycles. The van der Waals surface area contributed by atoms with Crippen molar-refractivity contribution < 1.29 is 19.4 Å². The maximum absolute atomic E-state index is 13.5. The zero-order valence-corrected chi connectivity index (χ0v) is 24.2. The third-order valence-electron chi connectivity index (χ3n) is 7.78. The maximum Gasteiger partial charge on any atom is 0.336 e. The van der Waals surface area contributed by atoms with Gasteiger partial charge >= 0.3 is 5.97 Å². The fraction of sp³-hybridized carbons (Fsp3) is 0.424. The summed E-state index contributed by atoms with van der Waals surface area (Å²) in [5, 5.41) is 10.9. The molecule has 0 amide bonds. The normalized spacial score (nSPS) is 20.8. The Morgan fingerprint density at radius 1 is 1.03 bits per heavy atom. The monoisotopic (exact) mass is 547 g/mol. The average Bonchev–Trinajstić information content (AvgIpc) is 2.93. The molecule has 0 heterocycles. The molecule has 3 aromatic rings. The summed E-state index contributed by atoms with van der Waals surface area (Å²) >= 11 is 1.40. The smallest absolute Gasteiger partial charge is 0.336 e. The SMILES string of the molecule is COc1ccc([C@H](Sc2cc(Cc3ccccc3)ccc2N)[C@@H](O)C(=O)O[C@@H]2C[C@H](C)CC[C@H]2C(C)C)cc1. The number of benzene rings is 3. The van der Waals surface area contributed by atoms with Crippen LogP contribution in [0.2, 0.25) is 0 Å². The van der Waals surface area contributed by atoms with Crippen molar-refractivity contribution in [2.45, 2.75) is 68.8 Å². The molecule has 0 saturated heterocycles. The predicted octanol–water partition coefficient (Wildman–Crippen LogP) is 7.07. The van der Waals surface area contributed by atoms with Gasteiger partial charge < -0.3 is 20.3 Å². The second-order valence-electron chi connectivity index (χ2n) is 11.1. The van der Waals surface area contributed by atoms with Gasteiger partial charge in [-0.25, -0.2) is 4.79 Å². The Kier molecular flexibility index (Phi) is 9.98. The average molecular weight is 548 g/mol. The predicted molar refractivity (Wildman–Crippen MR) is 159 cm³/mol. The summed E-state index contributed by atoms with van der Waals surface area (Å²) in [5.74, 6) is 1.34. The van der Waals surface area contributed by atoms with Crippen LogP contribution in [0, 0.1) is 17.8 Å². The summed E-state index contributed by atoms with van der Waals surface area (Å²) in [7, 11) is 1.61. The van der Waals surface area contributed by atoms with Gasteiger partial charge in [0.25, 0.3) is 0 Å². The molecule has 5 nitrogen and oxygen atoms in total. The fourth-order valence-corrected chi connectivity index (χ4v) is 6.69. The molecule has 3 N–H and O–H groups in total. The number of carbonyl (C=O) groups is 1. The lowest BCUT2D eigenvalue weighted by molar-refractivity contribution is -0.166. The Labute approximate surface area is 237 Å². The lowest BCUT2D eigenvalue weighted by Crippen LogP contribution is -2.39. The number of hydrogen-bond donors (Lipinski definition) is 2. The van der Waals surface area contributed by atoms with Crippen molar-refractivity contribution in [3.8, 4) is 5.75 Å². The second-order valence-corrected chi connectivity index (χ2v) is 12.3. The van der Waals surface area contributed by atoms with Crippen LogP contribution in [0.3, 0.4) is 0 Å². The third-order valence-corrected chi connectivity index (χ3v) is 9.18. The fourth-order valence-electron chi connectivity index (χ4n) is 5.46. The molecule has 0 unspecified atom stereocenters. The van der Waals surface area contributed by atoms with Gasteiger partial charge in [-0.1, -0.05) is 75.7 Å². The molecule has 1 saturated carbocycles. The number of esters is 1. The van der Waals surface area contributed by atoms with E-state index in [0.29, 0.717) is 29.2 Å². The van der Waals surface area contributed by atoms with E-state index < -0.39 is 17.3 Å². The van der Waals surface area contributed by atoms with Crippen molar-refractivity contribution in [1.82, 2.24) is 0 Å². The van der Waals surface area contributed by atoms with Crippen molar-refractivity contribution in [2.75, 3.05) is 12.8 Å². The van der Waals surface area contributed by atoms with E-state index in [9.17, 15) is 9.90 Å². The highest BCUT2D eigenvalue weighted by molar-refractivity contribution is 7.99. The molecule has 1 aliphatic rings. The molecule has 0 aromatic heterocycles. The first-order valence-corrected chi connectivity index (χ1v) is 14.7. The van der Waals surface area contributed by atoms with Gasteiger partial charge in [0.2, 0.25) is 0 Å². The van der Waals surface area contributed by atoms with Crippen molar-refractivity contribution in [3.63, 3.8) is 0 Å². The van der Waals surface area contributed by atoms with Crippen LogP contribution in [-0.4, -0.2) is 30.4 Å². The minimum absolute atomic E-state index is 0.184. The van der Waals surface area contributed by atoms with Gasteiger partial charge in [0.1, 0.15) is 11.9 Å². The number of aliphatic hydroxyl groups excluding tert-OH is 1. The standard InChI is InChI=1S/C33H41NO4S/c1-21(2)27-16-10-22(3)18-29(27)38-33(36)31(35)32(25-12-14-26(37-4)15-13-25)39-30-20-24(11-17-28(30)34)19-23-8-6-5-7-9-23/h5-9,11-15,17,20-22,27,29,31-32,35H,10,16,18-19,34H2,1-4H3/t22-,27+,29-,31-,32+/m1/s1. The Balaban J connectivity index is 1.59. The van der Waals surface area contributed by atoms with E-state index in [2.05, 4.69) is 39.0 Å². The zero-order valence-electron chi connectivity index (χ0n) is 23.4. The number of methoxy groups -OCH3 is 1. The highest BCUT2D eigenvalue weighted by Crippen LogP contribution is 2.43. The van der Waals surface area contributed by atoms with E-state index in [4.69, 9.17) is 15.2 Å². The number of hydrogen-bond acceptors (Lipinski definition) is 6. The van der Waals surface area contributed by atoms with Gasteiger partial charge in [0.15, 0.2) is 6.10 Å². The Morgan fingerprint density at radius 3 is 2.41 bits per heavy atom. The number of carbonyl (C=O) groups excluding carboxylic acids is 1. The van der Waals surface area contributed by atoms with Crippen LogP contribution in [-0.2, 0) is 16.0 Å². The van der Waals surface area contributed by atoms with Crippen LogP contribution in [0.4, 0.5) is 5.69 Å². The van der Waals surface area contributed by atoms with Crippen LogP contribution in [0.1, 0.15) is 62.0 Å². The van der Waals surface area contributed by atoms with E-state index >= 15 is 0 Å². The molecule has 208 valence electrons. The van der Waals surface area contributed by atoms with Crippen molar-refractivity contribution >= 4 is 23.4 Å². The minimum atomic E-state index is -1.36. The zero-order chi connectivity index (χ0) is 27.9. The molecular formula is C33H41NO4S. The highest BCUT2D eigenvalue weighted by Gasteiger charge is 2.37. The number of nitrogens with two attached hydrogens (primary N) is 1. The van der Waals surface area contributed by atoms with E-state index in [0.717, 1.165) is 41.7 Å². The number of anilines is 1. The minimum Gasteiger partial charge on any atom is -0.497 e. The van der Waals surface area contributed by atoms with Crippen LogP contribution in [0.15, 0.2) is 77.7 Å². The van der Waals surface area contributed by atoms with Crippen LogP contribution >= 0.6 is 11.8 Å². The molecule has 4 rings (SSSR count). The van der Waals surface area contributed by atoms with Gasteiger partial charge in [-0.2, -0.15) is 0 Å². The first kappa shape index (κ1) is 29.0. The van der Waals surface area contributed by atoms with Gasteiger partial charge in [-0.15, -0.1) is 11.8 Å². The van der Waals surface area contributed by atoms with E-state index in [-0.39, 0.29) is 6.10 Å². The van der Waals surface area contributed by atoms with Gasteiger partial charge in [-0.05, 0) is 78.0 Å². The van der Waals surface area contributed by atoms with Gasteiger partial charge in [0.05, 0.1) is 12.4 Å². The van der Waals surface area contributed by atoms with Crippen LogP contribution < -0.4 is 10.5 Å². The first-order valence-electron chi connectivity index (χ1n) is 13.9. The summed E-state index contributed by atoms with van der Waals surface area (Å²) in [6.07, 6.45) is 2.23. The summed E-state index contributed by atoms with van der Waals surface area (Å²) in [5.41, 5.74) is 10.1. The summed E-state index contributed by atoms with van der Waals surface area (Å²) < 4.78 is 11.4.